The molecule has 2 fully saturated rings. The van der Waals surface area contributed by atoms with Gasteiger partial charge in [0.05, 0.1) is 19.3 Å². The third-order valence-electron chi connectivity index (χ3n) is 7.03. The van der Waals surface area contributed by atoms with Gasteiger partial charge in [-0.1, -0.05) is 42.5 Å². The van der Waals surface area contributed by atoms with E-state index in [1.807, 2.05) is 54.6 Å². The van der Waals surface area contributed by atoms with E-state index in [2.05, 4.69) is 0 Å². The maximum absolute atomic E-state index is 12.8. The smallest absolute Gasteiger partial charge is 0.410 e. The van der Waals surface area contributed by atoms with E-state index in [-0.39, 0.29) is 25.2 Å². The molecule has 2 aliphatic rings. The third kappa shape index (κ3) is 4.69. The zero-order valence-corrected chi connectivity index (χ0v) is 19.2. The van der Waals surface area contributed by atoms with Gasteiger partial charge in [0, 0.05) is 18.9 Å². The maximum Gasteiger partial charge on any atom is 0.410 e. The van der Waals surface area contributed by atoms with Crippen molar-refractivity contribution in [3.8, 4) is 5.75 Å². The van der Waals surface area contributed by atoms with Crippen LogP contribution in [0.5, 0.6) is 5.75 Å². The lowest BCUT2D eigenvalue weighted by Gasteiger charge is -2.57. The van der Waals surface area contributed by atoms with Crippen molar-refractivity contribution >= 4 is 12.1 Å². The van der Waals surface area contributed by atoms with Gasteiger partial charge in [0.2, 0.25) is 0 Å². The Morgan fingerprint density at radius 2 is 1.91 bits per heavy atom. The van der Waals surface area contributed by atoms with Gasteiger partial charge >= 0.3 is 12.1 Å². The molecule has 1 aliphatic carbocycles. The Kier molecular flexibility index (Phi) is 6.61. The van der Waals surface area contributed by atoms with E-state index in [4.69, 9.17) is 14.2 Å². The molecule has 176 valence electrons. The van der Waals surface area contributed by atoms with Gasteiger partial charge < -0.3 is 24.2 Å². The summed E-state index contributed by atoms with van der Waals surface area (Å²) in [5, 5.41) is 12.0. The molecule has 7 heteroatoms. The third-order valence-corrected chi connectivity index (χ3v) is 7.03. The first-order valence-electron chi connectivity index (χ1n) is 11.3. The van der Waals surface area contributed by atoms with Gasteiger partial charge in [-0.15, -0.1) is 0 Å². The van der Waals surface area contributed by atoms with Gasteiger partial charge in [-0.3, -0.25) is 4.79 Å². The Labute approximate surface area is 194 Å². The minimum Gasteiger partial charge on any atom is -0.497 e. The summed E-state index contributed by atoms with van der Waals surface area (Å²) in [5.74, 6) is 0.372. The first kappa shape index (κ1) is 23.1. The molecular weight excluding hydrogens is 422 g/mol. The molecule has 1 heterocycles. The van der Waals surface area contributed by atoms with Crippen molar-refractivity contribution in [2.75, 3.05) is 20.2 Å². The lowest BCUT2D eigenvalue weighted by atomic mass is 9.55. The molecular formula is C26H31NO6. The molecule has 1 N–H and O–H groups in total. The van der Waals surface area contributed by atoms with Gasteiger partial charge in [-0.25, -0.2) is 4.79 Å². The number of β-amino-alcohol motifs (C(OH)–C–C–N with tert-alkyl or cyclic N) is 1. The number of nitrogens with zero attached hydrogens (tertiary/aromatic N) is 1. The van der Waals surface area contributed by atoms with Crippen molar-refractivity contribution in [2.24, 2.45) is 0 Å². The van der Waals surface area contributed by atoms with Crippen LogP contribution in [0, 0.1) is 0 Å². The summed E-state index contributed by atoms with van der Waals surface area (Å²) in [6.45, 7) is 2.18. The van der Waals surface area contributed by atoms with Crippen LogP contribution in [0.3, 0.4) is 0 Å². The van der Waals surface area contributed by atoms with Crippen molar-refractivity contribution in [3.05, 3.63) is 65.7 Å². The number of piperidine rings is 1. The minimum absolute atomic E-state index is 0.157. The Hall–Kier alpha value is -3.06. The number of hydrogen-bond acceptors (Lipinski definition) is 6. The fourth-order valence-electron chi connectivity index (χ4n) is 5.36. The van der Waals surface area contributed by atoms with Crippen molar-refractivity contribution in [2.45, 2.75) is 56.3 Å². The van der Waals surface area contributed by atoms with E-state index in [0.29, 0.717) is 38.0 Å². The van der Waals surface area contributed by atoms with E-state index < -0.39 is 17.1 Å². The molecule has 0 aromatic heterocycles. The maximum atomic E-state index is 12.8. The van der Waals surface area contributed by atoms with Crippen LogP contribution in [-0.2, 0) is 26.3 Å². The lowest BCUT2D eigenvalue weighted by Crippen LogP contribution is -2.66. The van der Waals surface area contributed by atoms with E-state index in [1.165, 1.54) is 6.92 Å². The van der Waals surface area contributed by atoms with Crippen molar-refractivity contribution < 1.29 is 28.9 Å². The van der Waals surface area contributed by atoms with Crippen LogP contribution < -0.4 is 4.74 Å². The highest BCUT2D eigenvalue weighted by Gasteiger charge is 2.59. The highest BCUT2D eigenvalue weighted by atomic mass is 16.6. The van der Waals surface area contributed by atoms with Crippen LogP contribution in [0.4, 0.5) is 4.79 Å². The molecule has 3 unspecified atom stereocenters. The molecule has 0 bridgehead atoms. The van der Waals surface area contributed by atoms with Crippen LogP contribution in [0.2, 0.25) is 0 Å². The van der Waals surface area contributed by atoms with E-state index in [1.54, 1.807) is 12.0 Å². The average Bonchev–Trinajstić information content (AvgIpc) is 2.82. The zero-order valence-electron chi connectivity index (χ0n) is 19.2. The molecule has 33 heavy (non-hydrogen) atoms. The number of amides is 1. The molecule has 0 radical (unpaired) electrons. The molecule has 2 aromatic carbocycles. The Morgan fingerprint density at radius 1 is 1.12 bits per heavy atom. The standard InChI is InChI=1S/C26H31NO6/c1-19(28)33-23-11-12-26(30)18-27(24(29)32-17-20-7-4-3-5-8-20)14-13-25(26,16-23)21-9-6-10-22(15-21)31-2/h3-10,15,23,30H,11-14,16-18H2,1-2H3. The fraction of sp³-hybridized carbons (Fsp3) is 0.462. The Balaban J connectivity index is 1.57. The number of aliphatic hydroxyl groups is 1. The number of ether oxygens (including phenoxy) is 3. The van der Waals surface area contributed by atoms with Crippen LogP contribution in [0.25, 0.3) is 0 Å². The summed E-state index contributed by atoms with van der Waals surface area (Å²) < 4.78 is 16.5. The predicted molar refractivity (Wildman–Crippen MR) is 122 cm³/mol. The largest absolute Gasteiger partial charge is 0.497 e. The summed E-state index contributed by atoms with van der Waals surface area (Å²) >= 11 is 0. The highest BCUT2D eigenvalue weighted by molar-refractivity contribution is 5.68. The first-order chi connectivity index (χ1) is 15.8. The molecule has 7 nitrogen and oxygen atoms in total. The number of likely N-dealkylation sites (tertiary alicyclic amines) is 1. The molecule has 1 amide bonds. The highest BCUT2D eigenvalue weighted by Crippen LogP contribution is 2.52. The number of carbonyl (C=O) groups is 2. The van der Waals surface area contributed by atoms with E-state index >= 15 is 0 Å². The van der Waals surface area contributed by atoms with Crippen molar-refractivity contribution in [1.82, 2.24) is 4.90 Å². The quantitative estimate of drug-likeness (QED) is 0.693. The second-order valence-corrected chi connectivity index (χ2v) is 9.03. The molecule has 1 aliphatic heterocycles. The molecule has 1 saturated carbocycles. The predicted octanol–water partition coefficient (Wildman–Crippen LogP) is 3.82. The number of carbonyl (C=O) groups excluding carboxylic acids is 2. The summed E-state index contributed by atoms with van der Waals surface area (Å²) in [7, 11) is 1.61. The SMILES string of the molecule is COc1cccc(C23CCN(C(=O)OCc4ccccc4)CC2(O)CCC(OC(C)=O)C3)c1. The monoisotopic (exact) mass is 453 g/mol. The second kappa shape index (κ2) is 9.43. The van der Waals surface area contributed by atoms with Gasteiger partial charge in [0.15, 0.2) is 0 Å². The molecule has 4 rings (SSSR count). The number of hydrogen-bond donors (Lipinski definition) is 1. The van der Waals surface area contributed by atoms with Crippen LogP contribution in [0.1, 0.15) is 43.7 Å². The number of fused-ring (bicyclic) bond motifs is 1. The number of esters is 1. The zero-order chi connectivity index (χ0) is 23.5. The van der Waals surface area contributed by atoms with Crippen LogP contribution in [-0.4, -0.2) is 54.0 Å². The minimum atomic E-state index is -1.18. The van der Waals surface area contributed by atoms with Crippen molar-refractivity contribution in [3.63, 3.8) is 0 Å². The average molecular weight is 454 g/mol. The van der Waals surface area contributed by atoms with Gasteiger partial charge in [0.25, 0.3) is 0 Å². The second-order valence-electron chi connectivity index (χ2n) is 9.03. The van der Waals surface area contributed by atoms with Gasteiger partial charge in [-0.2, -0.15) is 0 Å². The number of rotatable bonds is 5. The lowest BCUT2D eigenvalue weighted by molar-refractivity contribution is -0.166. The molecule has 2 aromatic rings. The Bertz CT molecular complexity index is 995. The van der Waals surface area contributed by atoms with Crippen LogP contribution >= 0.6 is 0 Å². The van der Waals surface area contributed by atoms with Crippen LogP contribution in [0.15, 0.2) is 54.6 Å². The fourth-order valence-corrected chi connectivity index (χ4v) is 5.36. The Morgan fingerprint density at radius 3 is 2.64 bits per heavy atom. The van der Waals surface area contributed by atoms with E-state index in [9.17, 15) is 14.7 Å². The van der Waals surface area contributed by atoms with Gasteiger partial charge in [0.1, 0.15) is 18.5 Å². The summed E-state index contributed by atoms with van der Waals surface area (Å²) in [6.07, 6.45) is 1.23. The van der Waals surface area contributed by atoms with E-state index in [0.717, 1.165) is 11.1 Å². The topological polar surface area (TPSA) is 85.3 Å². The summed E-state index contributed by atoms with van der Waals surface area (Å²) in [5.41, 5.74) is -0.0106. The molecule has 1 saturated heterocycles. The van der Waals surface area contributed by atoms with Gasteiger partial charge in [-0.05, 0) is 48.9 Å². The first-order valence-corrected chi connectivity index (χ1v) is 11.3. The van der Waals surface area contributed by atoms with Crippen molar-refractivity contribution in [1.29, 1.82) is 0 Å². The molecule has 3 atom stereocenters. The molecule has 0 spiro atoms. The number of methoxy groups -OCH3 is 1. The summed E-state index contributed by atoms with van der Waals surface area (Å²) in [4.78, 5) is 26.1. The normalized spacial score (nSPS) is 26.8. The number of benzene rings is 2. The summed E-state index contributed by atoms with van der Waals surface area (Å²) in [6, 6.07) is 17.2.